The Bertz CT molecular complexity index is 1070. The number of carbonyl (C=O) groups excluding carboxylic acids is 1. The molecule has 1 heterocycles. The van der Waals surface area contributed by atoms with Gasteiger partial charge in [-0.25, -0.2) is 13.6 Å². The first-order chi connectivity index (χ1) is 13.2. The van der Waals surface area contributed by atoms with Gasteiger partial charge in [-0.05, 0) is 73.6 Å². The minimum absolute atomic E-state index is 0.0832. The summed E-state index contributed by atoms with van der Waals surface area (Å²) in [7, 11) is -3.85. The molecule has 2 aromatic rings. The number of aryl methyl sites for hydroxylation is 1. The molecule has 1 fully saturated rings. The van der Waals surface area contributed by atoms with Crippen molar-refractivity contribution in [1.29, 1.82) is 5.26 Å². The van der Waals surface area contributed by atoms with Crippen molar-refractivity contribution in [1.82, 2.24) is 4.90 Å². The third-order valence-electron chi connectivity index (χ3n) is 5.14. The number of piperidine rings is 1. The molecule has 0 aliphatic carbocycles. The van der Waals surface area contributed by atoms with Gasteiger partial charge in [0.2, 0.25) is 10.0 Å². The summed E-state index contributed by atoms with van der Waals surface area (Å²) in [6, 6.07) is 12.3. The zero-order valence-corrected chi connectivity index (χ0v) is 16.8. The van der Waals surface area contributed by atoms with Gasteiger partial charge in [0, 0.05) is 12.1 Å². The molecule has 6 nitrogen and oxygen atoms in total. The second-order valence-electron chi connectivity index (χ2n) is 7.20. The topological polar surface area (TPSA) is 104 Å². The summed E-state index contributed by atoms with van der Waals surface area (Å²) >= 11 is 0. The van der Waals surface area contributed by atoms with E-state index in [-0.39, 0.29) is 10.8 Å². The van der Waals surface area contributed by atoms with E-state index in [9.17, 15) is 18.5 Å². The van der Waals surface area contributed by atoms with E-state index in [4.69, 9.17) is 5.14 Å². The highest BCUT2D eigenvalue weighted by atomic mass is 32.2. The Morgan fingerprint density at radius 1 is 1.21 bits per heavy atom. The van der Waals surface area contributed by atoms with Crippen LogP contribution in [0.25, 0.3) is 11.1 Å². The van der Waals surface area contributed by atoms with Crippen LogP contribution in [0.1, 0.15) is 40.7 Å². The van der Waals surface area contributed by atoms with Crippen LogP contribution in [0.15, 0.2) is 41.3 Å². The van der Waals surface area contributed by atoms with Crippen molar-refractivity contribution in [3.05, 3.63) is 53.1 Å². The maximum Gasteiger partial charge on any atom is 0.254 e. The molecule has 1 aliphatic heterocycles. The summed E-state index contributed by atoms with van der Waals surface area (Å²) in [4.78, 5) is 14.7. The molecule has 146 valence electrons. The Morgan fingerprint density at radius 3 is 2.64 bits per heavy atom. The molecule has 1 atom stereocenters. The van der Waals surface area contributed by atoms with Crippen LogP contribution in [0.3, 0.4) is 0 Å². The maximum atomic E-state index is 13.0. The number of hydrogen-bond donors (Lipinski definition) is 1. The molecule has 0 radical (unpaired) electrons. The van der Waals surface area contributed by atoms with E-state index in [0.717, 1.165) is 24.0 Å². The number of carbonyl (C=O) groups is 1. The summed E-state index contributed by atoms with van der Waals surface area (Å²) in [5, 5.41) is 14.7. The number of primary sulfonamides is 1. The molecular weight excluding hydrogens is 374 g/mol. The largest absolute Gasteiger partial charge is 0.323 e. The lowest BCUT2D eigenvalue weighted by Gasteiger charge is -2.31. The molecule has 2 aromatic carbocycles. The van der Waals surface area contributed by atoms with Gasteiger partial charge in [0.15, 0.2) is 0 Å². The van der Waals surface area contributed by atoms with Crippen LogP contribution in [-0.2, 0) is 10.0 Å². The van der Waals surface area contributed by atoms with Gasteiger partial charge in [0.25, 0.3) is 5.91 Å². The van der Waals surface area contributed by atoms with Gasteiger partial charge in [-0.15, -0.1) is 0 Å². The van der Waals surface area contributed by atoms with Crippen molar-refractivity contribution in [2.75, 3.05) is 6.54 Å². The van der Waals surface area contributed by atoms with E-state index < -0.39 is 16.1 Å². The van der Waals surface area contributed by atoms with Gasteiger partial charge in [0.1, 0.15) is 6.04 Å². The van der Waals surface area contributed by atoms with E-state index in [1.54, 1.807) is 43.0 Å². The molecule has 1 aliphatic rings. The number of sulfonamides is 1. The molecule has 1 amide bonds. The third-order valence-corrected chi connectivity index (χ3v) is 6.18. The lowest BCUT2D eigenvalue weighted by atomic mass is 9.96. The van der Waals surface area contributed by atoms with Gasteiger partial charge in [-0.2, -0.15) is 5.26 Å². The first-order valence-corrected chi connectivity index (χ1v) is 10.7. The SMILES string of the molecule is Cc1cc(-c2cccc(C(=O)N3CCCCC3C#N)c2)c(C)c(S(N)(=O)=O)c1. The zero-order valence-electron chi connectivity index (χ0n) is 16.0. The van der Waals surface area contributed by atoms with Crippen molar-refractivity contribution >= 4 is 15.9 Å². The minimum Gasteiger partial charge on any atom is -0.323 e. The second kappa shape index (κ2) is 7.74. The first-order valence-electron chi connectivity index (χ1n) is 9.17. The number of amides is 1. The highest BCUT2D eigenvalue weighted by Gasteiger charge is 2.27. The minimum atomic E-state index is -3.85. The standard InChI is InChI=1S/C21H23N3O3S/c1-14-10-19(15(2)20(11-14)28(23,26)27)16-6-5-7-17(12-16)21(25)24-9-4-3-8-18(24)13-22/h5-7,10-12,18H,3-4,8-9H2,1-2H3,(H2,23,26,27). The van der Waals surface area contributed by atoms with Gasteiger partial charge in [-0.3, -0.25) is 4.79 Å². The third kappa shape index (κ3) is 3.93. The number of nitrogens with zero attached hydrogens (tertiary/aromatic N) is 2. The fourth-order valence-corrected chi connectivity index (χ4v) is 4.60. The van der Waals surface area contributed by atoms with Crippen LogP contribution in [0.2, 0.25) is 0 Å². The molecule has 3 rings (SSSR count). The van der Waals surface area contributed by atoms with E-state index >= 15 is 0 Å². The Hall–Kier alpha value is -2.69. The average molecular weight is 398 g/mol. The highest BCUT2D eigenvalue weighted by Crippen LogP contribution is 2.30. The predicted molar refractivity (Wildman–Crippen MR) is 107 cm³/mol. The summed E-state index contributed by atoms with van der Waals surface area (Å²) in [5.74, 6) is -0.176. The van der Waals surface area contributed by atoms with E-state index in [1.807, 2.05) is 12.1 Å². The number of nitrogens with two attached hydrogens (primary N) is 1. The molecule has 0 spiro atoms. The van der Waals surface area contributed by atoms with Crippen molar-refractivity contribution < 1.29 is 13.2 Å². The zero-order chi connectivity index (χ0) is 20.5. The fourth-order valence-electron chi connectivity index (χ4n) is 3.72. The van der Waals surface area contributed by atoms with E-state index in [2.05, 4.69) is 6.07 Å². The van der Waals surface area contributed by atoms with Gasteiger partial charge in [0.05, 0.1) is 11.0 Å². The predicted octanol–water partition coefficient (Wildman–Crippen LogP) is 3.14. The molecular formula is C21H23N3O3S. The average Bonchev–Trinajstić information content (AvgIpc) is 2.68. The van der Waals surface area contributed by atoms with Crippen LogP contribution < -0.4 is 5.14 Å². The first kappa shape index (κ1) is 20.1. The van der Waals surface area contributed by atoms with Gasteiger partial charge >= 0.3 is 0 Å². The summed E-state index contributed by atoms with van der Waals surface area (Å²) in [6.07, 6.45) is 2.52. The lowest BCUT2D eigenvalue weighted by molar-refractivity contribution is 0.0670. The van der Waals surface area contributed by atoms with Crippen LogP contribution in [-0.4, -0.2) is 31.8 Å². The molecule has 2 N–H and O–H groups in total. The van der Waals surface area contributed by atoms with Crippen LogP contribution in [0.5, 0.6) is 0 Å². The quantitative estimate of drug-likeness (QED) is 0.859. The Morgan fingerprint density at radius 2 is 1.96 bits per heavy atom. The summed E-state index contributed by atoms with van der Waals surface area (Å²) < 4.78 is 23.9. The van der Waals surface area contributed by atoms with Crippen LogP contribution >= 0.6 is 0 Å². The molecule has 1 saturated heterocycles. The molecule has 1 unspecified atom stereocenters. The van der Waals surface area contributed by atoms with Crippen molar-refractivity contribution in [2.24, 2.45) is 5.14 Å². The molecule has 0 aromatic heterocycles. The highest BCUT2D eigenvalue weighted by molar-refractivity contribution is 7.89. The van der Waals surface area contributed by atoms with E-state index in [1.165, 1.54) is 0 Å². The number of rotatable bonds is 3. The Labute approximate surface area is 165 Å². The van der Waals surface area contributed by atoms with Gasteiger partial charge in [-0.1, -0.05) is 18.2 Å². The fraction of sp³-hybridized carbons (Fsp3) is 0.333. The smallest absolute Gasteiger partial charge is 0.254 e. The molecule has 28 heavy (non-hydrogen) atoms. The Balaban J connectivity index is 2.04. The number of nitriles is 1. The van der Waals surface area contributed by atoms with Crippen molar-refractivity contribution in [2.45, 2.75) is 44.0 Å². The normalized spacial score (nSPS) is 17.2. The number of likely N-dealkylation sites (tertiary alicyclic amines) is 1. The van der Waals surface area contributed by atoms with Crippen LogP contribution in [0, 0.1) is 25.2 Å². The summed E-state index contributed by atoms with van der Waals surface area (Å²) in [6.45, 7) is 4.08. The Kier molecular flexibility index (Phi) is 5.54. The lowest BCUT2D eigenvalue weighted by Crippen LogP contribution is -2.42. The molecule has 0 saturated carbocycles. The number of hydrogen-bond acceptors (Lipinski definition) is 4. The second-order valence-corrected chi connectivity index (χ2v) is 8.73. The molecule has 0 bridgehead atoms. The monoisotopic (exact) mass is 397 g/mol. The number of benzene rings is 2. The van der Waals surface area contributed by atoms with Crippen molar-refractivity contribution in [3.8, 4) is 17.2 Å². The molecule has 7 heteroatoms. The van der Waals surface area contributed by atoms with Gasteiger partial charge < -0.3 is 4.90 Å². The summed E-state index contributed by atoms with van der Waals surface area (Å²) in [5.41, 5.74) is 3.25. The van der Waals surface area contributed by atoms with Crippen LogP contribution in [0.4, 0.5) is 0 Å². The van der Waals surface area contributed by atoms with Crippen molar-refractivity contribution in [3.63, 3.8) is 0 Å². The maximum absolute atomic E-state index is 13.0. The van der Waals surface area contributed by atoms with E-state index in [0.29, 0.717) is 29.7 Å².